The first-order valence-electron chi connectivity index (χ1n) is 15.4. The molecule has 3 heterocycles. The lowest BCUT2D eigenvalue weighted by molar-refractivity contribution is 0.655. The highest BCUT2D eigenvalue weighted by molar-refractivity contribution is 7.26. The van der Waals surface area contributed by atoms with Gasteiger partial charge in [0.1, 0.15) is 11.1 Å². The Balaban J connectivity index is 1.05. The van der Waals surface area contributed by atoms with Crippen molar-refractivity contribution in [2.75, 3.05) is 0 Å². The van der Waals surface area contributed by atoms with Gasteiger partial charge in [0, 0.05) is 20.2 Å². The Kier molecular flexibility index (Phi) is 5.45. The van der Waals surface area contributed by atoms with Crippen LogP contribution in [-0.2, 0) is 0 Å². The molecule has 0 unspecified atom stereocenters. The lowest BCUT2D eigenvalue weighted by Crippen LogP contribution is -1.87. The van der Waals surface area contributed by atoms with Gasteiger partial charge in [0.05, 0.1) is 16.4 Å². The molecule has 0 aliphatic carbocycles. The highest BCUT2D eigenvalue weighted by Gasteiger charge is 2.15. The number of hydrogen-bond acceptors (Lipinski definition) is 4. The van der Waals surface area contributed by atoms with Gasteiger partial charge in [-0.3, -0.25) is 0 Å². The molecule has 46 heavy (non-hydrogen) atoms. The monoisotopic (exact) mass is 604 g/mol. The zero-order valence-electron chi connectivity index (χ0n) is 24.6. The second kappa shape index (κ2) is 9.83. The second-order valence-electron chi connectivity index (χ2n) is 11.8. The molecule has 0 aliphatic heterocycles. The number of furan rings is 1. The number of hydrogen-bond donors (Lipinski definition) is 0. The van der Waals surface area contributed by atoms with Crippen molar-refractivity contribution in [3.05, 3.63) is 146 Å². The van der Waals surface area contributed by atoms with Gasteiger partial charge in [-0.15, -0.1) is 11.3 Å². The molecule has 0 spiro atoms. The van der Waals surface area contributed by atoms with Gasteiger partial charge in [-0.25, -0.2) is 9.97 Å². The predicted octanol–water partition coefficient (Wildman–Crippen LogP) is 12.1. The minimum atomic E-state index is 0.565. The van der Waals surface area contributed by atoms with Crippen LogP contribution in [-0.4, -0.2) is 9.97 Å². The summed E-state index contributed by atoms with van der Waals surface area (Å²) in [6.07, 6.45) is 0. The molecular weight excluding hydrogens is 581 g/mol. The summed E-state index contributed by atoms with van der Waals surface area (Å²) in [5, 5.41) is 5.95. The number of rotatable bonds is 3. The van der Waals surface area contributed by atoms with Gasteiger partial charge in [0.25, 0.3) is 0 Å². The maximum absolute atomic E-state index is 6.21. The van der Waals surface area contributed by atoms with E-state index in [4.69, 9.17) is 14.4 Å². The molecule has 0 saturated carbocycles. The van der Waals surface area contributed by atoms with Crippen LogP contribution in [0.3, 0.4) is 0 Å². The van der Waals surface area contributed by atoms with Crippen molar-refractivity contribution in [3.8, 4) is 33.4 Å². The van der Waals surface area contributed by atoms with Crippen molar-refractivity contribution in [2.24, 2.45) is 0 Å². The Bertz CT molecular complexity index is 2830. The van der Waals surface area contributed by atoms with E-state index in [1.165, 1.54) is 42.4 Å². The molecule has 10 rings (SSSR count). The van der Waals surface area contributed by atoms with E-state index in [-0.39, 0.29) is 0 Å². The second-order valence-corrected chi connectivity index (χ2v) is 12.8. The van der Waals surface area contributed by atoms with Crippen LogP contribution in [0.2, 0.25) is 0 Å². The molecule has 0 radical (unpaired) electrons. The van der Waals surface area contributed by atoms with Crippen molar-refractivity contribution < 1.29 is 4.42 Å². The van der Waals surface area contributed by atoms with E-state index in [9.17, 15) is 0 Å². The van der Waals surface area contributed by atoms with Crippen LogP contribution in [0.15, 0.2) is 150 Å². The molecule has 0 fully saturated rings. The van der Waals surface area contributed by atoms with Gasteiger partial charge in [0.2, 0.25) is 5.71 Å². The summed E-state index contributed by atoms with van der Waals surface area (Å²) in [7, 11) is 0. The summed E-state index contributed by atoms with van der Waals surface area (Å²) >= 11 is 1.87. The molecule has 0 atom stereocenters. The third kappa shape index (κ3) is 3.91. The van der Waals surface area contributed by atoms with Gasteiger partial charge in [-0.05, 0) is 80.6 Å². The SMILES string of the molecule is c1cc(-c2cccc(-c3cccc4c3sc3ccccc34)c2)cc(-c2ccc3nc4c(nc3c2)oc2ccc3ccccc3c24)c1. The van der Waals surface area contributed by atoms with E-state index in [0.29, 0.717) is 5.71 Å². The van der Waals surface area contributed by atoms with Crippen LogP contribution in [0.5, 0.6) is 0 Å². The Morgan fingerprint density at radius 1 is 0.478 bits per heavy atom. The number of fused-ring (bicyclic) bond motifs is 9. The van der Waals surface area contributed by atoms with Crippen molar-refractivity contribution >= 4 is 75.5 Å². The first-order valence-corrected chi connectivity index (χ1v) is 16.2. The van der Waals surface area contributed by atoms with Crippen molar-refractivity contribution in [2.45, 2.75) is 0 Å². The summed E-state index contributed by atoms with van der Waals surface area (Å²) in [5.74, 6) is 0. The van der Waals surface area contributed by atoms with Gasteiger partial charge in [0.15, 0.2) is 0 Å². The zero-order valence-corrected chi connectivity index (χ0v) is 25.4. The van der Waals surface area contributed by atoms with E-state index in [1.54, 1.807) is 0 Å². The van der Waals surface area contributed by atoms with Crippen LogP contribution < -0.4 is 0 Å². The zero-order chi connectivity index (χ0) is 30.2. The molecule has 214 valence electrons. The normalized spacial score (nSPS) is 11.9. The van der Waals surface area contributed by atoms with Crippen LogP contribution in [0.25, 0.3) is 97.6 Å². The molecular formula is C42H24N2OS. The Morgan fingerprint density at radius 3 is 2.04 bits per heavy atom. The molecule has 3 aromatic heterocycles. The topological polar surface area (TPSA) is 38.9 Å². The molecule has 10 aromatic rings. The van der Waals surface area contributed by atoms with Gasteiger partial charge < -0.3 is 4.42 Å². The van der Waals surface area contributed by atoms with Crippen molar-refractivity contribution in [1.29, 1.82) is 0 Å². The van der Waals surface area contributed by atoms with E-state index in [0.717, 1.165) is 49.4 Å². The minimum absolute atomic E-state index is 0.565. The summed E-state index contributed by atoms with van der Waals surface area (Å²) in [4.78, 5) is 9.98. The fourth-order valence-electron chi connectivity index (χ4n) is 6.86. The molecule has 0 N–H and O–H groups in total. The lowest BCUT2D eigenvalue weighted by atomic mass is 9.95. The van der Waals surface area contributed by atoms with E-state index >= 15 is 0 Å². The van der Waals surface area contributed by atoms with Crippen molar-refractivity contribution in [1.82, 2.24) is 9.97 Å². The maximum Gasteiger partial charge on any atom is 0.246 e. The van der Waals surface area contributed by atoms with E-state index < -0.39 is 0 Å². The van der Waals surface area contributed by atoms with Crippen LogP contribution in [0.4, 0.5) is 0 Å². The minimum Gasteiger partial charge on any atom is -0.436 e. The lowest BCUT2D eigenvalue weighted by Gasteiger charge is -2.10. The van der Waals surface area contributed by atoms with Gasteiger partial charge >= 0.3 is 0 Å². The van der Waals surface area contributed by atoms with Crippen molar-refractivity contribution in [3.63, 3.8) is 0 Å². The smallest absolute Gasteiger partial charge is 0.246 e. The van der Waals surface area contributed by atoms with E-state index in [1.807, 2.05) is 17.4 Å². The largest absolute Gasteiger partial charge is 0.436 e. The van der Waals surface area contributed by atoms with Gasteiger partial charge in [-0.2, -0.15) is 0 Å². The maximum atomic E-state index is 6.21. The first kappa shape index (κ1) is 25.5. The van der Waals surface area contributed by atoms with Crippen LogP contribution >= 0.6 is 11.3 Å². The fraction of sp³-hybridized carbons (Fsp3) is 0. The fourth-order valence-corrected chi connectivity index (χ4v) is 8.09. The molecule has 7 aromatic carbocycles. The highest BCUT2D eigenvalue weighted by atomic mass is 32.1. The van der Waals surface area contributed by atoms with Gasteiger partial charge in [-0.1, -0.05) is 109 Å². The summed E-state index contributed by atoms with van der Waals surface area (Å²) in [5.41, 5.74) is 10.9. The Morgan fingerprint density at radius 2 is 1.17 bits per heavy atom. The molecule has 4 heteroatoms. The molecule has 0 saturated heterocycles. The average Bonchev–Trinajstić information content (AvgIpc) is 3.68. The number of aromatic nitrogens is 2. The molecule has 0 amide bonds. The standard InChI is InChI=1S/C42H24N2OS/c1-2-13-31-25(8-1)19-21-37-39(31)40-42(45-37)44-36-24-29(18-20-35(36)43-40)27-10-5-9-26(22-27)28-11-6-12-30(23-28)32-15-7-16-34-33-14-3-4-17-38(33)46-41(32)34/h1-24H. The molecule has 0 bridgehead atoms. The van der Waals surface area contributed by atoms with Crippen LogP contribution in [0.1, 0.15) is 0 Å². The molecule has 0 aliphatic rings. The van der Waals surface area contributed by atoms with E-state index in [2.05, 4.69) is 140 Å². The number of thiophene rings is 1. The highest BCUT2D eigenvalue weighted by Crippen LogP contribution is 2.41. The quantitative estimate of drug-likeness (QED) is 0.201. The summed E-state index contributed by atoms with van der Waals surface area (Å²) < 4.78 is 8.86. The molecule has 3 nitrogen and oxygen atoms in total. The summed E-state index contributed by atoms with van der Waals surface area (Å²) in [6, 6.07) is 51.7. The summed E-state index contributed by atoms with van der Waals surface area (Å²) in [6.45, 7) is 0. The Labute approximate surface area is 268 Å². The average molecular weight is 605 g/mol. The third-order valence-electron chi connectivity index (χ3n) is 9.07. The first-order chi connectivity index (χ1) is 22.8. The Hall–Kier alpha value is -5.84. The number of nitrogens with zero attached hydrogens (tertiary/aromatic N) is 2. The van der Waals surface area contributed by atoms with Crippen LogP contribution in [0, 0.1) is 0 Å². The predicted molar refractivity (Wildman–Crippen MR) is 194 cm³/mol. The third-order valence-corrected chi connectivity index (χ3v) is 10.3. The number of benzene rings is 7.